The van der Waals surface area contributed by atoms with Gasteiger partial charge in [0.1, 0.15) is 0 Å². The van der Waals surface area contributed by atoms with Gasteiger partial charge in [-0.2, -0.15) is 0 Å². The van der Waals surface area contributed by atoms with Crippen LogP contribution in [0.3, 0.4) is 0 Å². The first kappa shape index (κ1) is 17.3. The van der Waals surface area contributed by atoms with Crippen LogP contribution in [0.5, 0.6) is 0 Å². The second kappa shape index (κ2) is 5.44. The summed E-state index contributed by atoms with van der Waals surface area (Å²) in [5.41, 5.74) is 2.45. The third kappa shape index (κ3) is 2.16. The van der Waals surface area contributed by atoms with Crippen molar-refractivity contribution in [2.45, 2.75) is 78.7 Å². The fourth-order valence-electron chi connectivity index (χ4n) is 7.22. The molecule has 3 saturated carbocycles. The average molecular weight is 344 g/mol. The summed E-state index contributed by atoms with van der Waals surface area (Å²) >= 11 is 0. The van der Waals surface area contributed by atoms with Crippen LogP contribution < -0.4 is 0 Å². The third-order valence-corrected chi connectivity index (χ3v) is 8.77. The summed E-state index contributed by atoms with van der Waals surface area (Å²) < 4.78 is 0. The molecular weight excluding hydrogens is 310 g/mol. The van der Waals surface area contributed by atoms with Crippen molar-refractivity contribution >= 4 is 11.7 Å². The maximum Gasteiger partial charge on any atom is 0.222 e. The van der Waals surface area contributed by atoms with Gasteiger partial charge in [-0.15, -0.1) is 0 Å². The summed E-state index contributed by atoms with van der Waals surface area (Å²) in [6, 6.07) is 0.402. The summed E-state index contributed by atoms with van der Waals surface area (Å²) in [6.45, 7) is 8.90. The van der Waals surface area contributed by atoms with E-state index in [-0.39, 0.29) is 10.8 Å². The SMILES string of the molecule is CC(C)=C1C[C@H]2[C@@H]3CCC4N(C)C(=O)CC[C@]4(C)[C@@H]3CC[C@]2(C)C1=O. The molecule has 25 heavy (non-hydrogen) atoms. The number of likely N-dealkylation sites (tertiary alicyclic amines) is 1. The van der Waals surface area contributed by atoms with Crippen LogP contribution in [-0.4, -0.2) is 29.7 Å². The molecule has 4 rings (SSSR count). The van der Waals surface area contributed by atoms with Crippen molar-refractivity contribution in [1.82, 2.24) is 4.90 Å². The van der Waals surface area contributed by atoms with Crippen molar-refractivity contribution in [2.24, 2.45) is 28.6 Å². The lowest BCUT2D eigenvalue weighted by Gasteiger charge is -2.61. The summed E-state index contributed by atoms with van der Waals surface area (Å²) in [4.78, 5) is 27.4. The molecule has 1 saturated heterocycles. The number of amides is 1. The van der Waals surface area contributed by atoms with Crippen LogP contribution >= 0.6 is 0 Å². The van der Waals surface area contributed by atoms with Crippen molar-refractivity contribution in [3.63, 3.8) is 0 Å². The van der Waals surface area contributed by atoms with Crippen LogP contribution in [0.4, 0.5) is 0 Å². The number of carbonyl (C=O) groups excluding carboxylic acids is 2. The van der Waals surface area contributed by atoms with Gasteiger partial charge in [-0.3, -0.25) is 9.59 Å². The normalized spacial score (nSPS) is 46.6. The Morgan fingerprint density at radius 1 is 1.04 bits per heavy atom. The van der Waals surface area contributed by atoms with E-state index >= 15 is 0 Å². The molecule has 1 heterocycles. The lowest BCUT2D eigenvalue weighted by molar-refractivity contribution is -0.158. The number of nitrogens with zero attached hydrogens (tertiary/aromatic N) is 1. The molecule has 3 nitrogen and oxygen atoms in total. The number of allylic oxidation sites excluding steroid dienone is 2. The molecule has 1 unspecified atom stereocenters. The Balaban J connectivity index is 1.69. The highest BCUT2D eigenvalue weighted by molar-refractivity contribution is 6.03. The van der Waals surface area contributed by atoms with Crippen LogP contribution in [0.15, 0.2) is 11.1 Å². The van der Waals surface area contributed by atoms with Crippen molar-refractivity contribution < 1.29 is 9.59 Å². The molecule has 0 aromatic heterocycles. The Kier molecular flexibility index (Phi) is 3.76. The van der Waals surface area contributed by atoms with E-state index in [2.05, 4.69) is 32.6 Å². The van der Waals surface area contributed by atoms with Crippen LogP contribution in [-0.2, 0) is 9.59 Å². The Hall–Kier alpha value is -1.12. The maximum absolute atomic E-state index is 13.1. The number of Topliss-reactive ketones (excluding diaryl/α,β-unsaturated/α-hetero) is 1. The van der Waals surface area contributed by atoms with E-state index in [1.165, 1.54) is 12.0 Å². The molecule has 4 fully saturated rings. The number of piperidine rings is 1. The van der Waals surface area contributed by atoms with Gasteiger partial charge in [0.05, 0.1) is 0 Å². The number of hydrogen-bond acceptors (Lipinski definition) is 2. The predicted octanol–water partition coefficient (Wildman–Crippen LogP) is 4.37. The van der Waals surface area contributed by atoms with Crippen molar-refractivity contribution in [3.8, 4) is 0 Å². The van der Waals surface area contributed by atoms with Gasteiger partial charge in [-0.05, 0) is 81.1 Å². The summed E-state index contributed by atoms with van der Waals surface area (Å²) in [7, 11) is 2.01. The summed E-state index contributed by atoms with van der Waals surface area (Å²) in [5, 5.41) is 0. The van der Waals surface area contributed by atoms with Gasteiger partial charge in [0.2, 0.25) is 5.91 Å². The highest BCUT2D eigenvalue weighted by atomic mass is 16.2. The van der Waals surface area contributed by atoms with Gasteiger partial charge >= 0.3 is 0 Å². The Bertz CT molecular complexity index is 661. The lowest BCUT2D eigenvalue weighted by atomic mass is 9.47. The number of carbonyl (C=O) groups is 2. The number of fused-ring (bicyclic) bond motifs is 5. The van der Waals surface area contributed by atoms with E-state index in [0.717, 1.165) is 37.7 Å². The predicted molar refractivity (Wildman–Crippen MR) is 98.9 cm³/mol. The first-order chi connectivity index (χ1) is 11.7. The highest BCUT2D eigenvalue weighted by Gasteiger charge is 2.62. The van der Waals surface area contributed by atoms with E-state index < -0.39 is 0 Å². The average Bonchev–Trinajstić information content (AvgIpc) is 2.83. The van der Waals surface area contributed by atoms with Crippen LogP contribution in [0, 0.1) is 28.6 Å². The lowest BCUT2D eigenvalue weighted by Crippen LogP contribution is -2.61. The molecule has 0 N–H and O–H groups in total. The standard InChI is InChI=1S/C22H33NO2/c1-13(2)15-12-17-14-6-7-18-21(3,11-9-19(24)23(18)5)16(14)8-10-22(17,4)20(15)25/h14,16-18H,6-12H2,1-5H3/t14-,16-,17+,18?,21-,22+/m1/s1. The molecule has 6 atom stereocenters. The topological polar surface area (TPSA) is 37.4 Å². The zero-order valence-electron chi connectivity index (χ0n) is 16.5. The molecule has 0 radical (unpaired) electrons. The quantitative estimate of drug-likeness (QED) is 0.613. The molecule has 0 aromatic rings. The number of ketones is 1. The molecule has 1 aliphatic heterocycles. The molecular formula is C22H33NO2. The highest BCUT2D eigenvalue weighted by Crippen LogP contribution is 2.64. The molecule has 0 aromatic carbocycles. The fourth-order valence-corrected chi connectivity index (χ4v) is 7.22. The fraction of sp³-hybridized carbons (Fsp3) is 0.818. The molecule has 3 aliphatic carbocycles. The second-order valence-electron chi connectivity index (χ2n) is 9.95. The minimum Gasteiger partial charge on any atom is -0.342 e. The van der Waals surface area contributed by atoms with Crippen molar-refractivity contribution in [3.05, 3.63) is 11.1 Å². The van der Waals surface area contributed by atoms with Crippen molar-refractivity contribution in [1.29, 1.82) is 0 Å². The van der Waals surface area contributed by atoms with Crippen molar-refractivity contribution in [2.75, 3.05) is 7.05 Å². The Labute approximate surface area is 152 Å². The zero-order chi connectivity index (χ0) is 18.1. The third-order valence-electron chi connectivity index (χ3n) is 8.77. The monoisotopic (exact) mass is 343 g/mol. The Morgan fingerprint density at radius 2 is 1.76 bits per heavy atom. The minimum atomic E-state index is -0.132. The molecule has 3 heteroatoms. The molecule has 1 amide bonds. The van der Waals surface area contributed by atoms with Gasteiger partial charge < -0.3 is 4.90 Å². The van der Waals surface area contributed by atoms with Gasteiger partial charge in [-0.1, -0.05) is 19.4 Å². The van der Waals surface area contributed by atoms with E-state index in [0.29, 0.717) is 41.9 Å². The number of hydrogen-bond donors (Lipinski definition) is 0. The van der Waals surface area contributed by atoms with Gasteiger partial charge in [-0.25, -0.2) is 0 Å². The molecule has 4 aliphatic rings. The largest absolute Gasteiger partial charge is 0.342 e. The zero-order valence-corrected chi connectivity index (χ0v) is 16.5. The second-order valence-corrected chi connectivity index (χ2v) is 9.95. The Morgan fingerprint density at radius 3 is 2.44 bits per heavy atom. The first-order valence-electron chi connectivity index (χ1n) is 10.2. The van der Waals surface area contributed by atoms with Crippen LogP contribution in [0.25, 0.3) is 0 Å². The van der Waals surface area contributed by atoms with Gasteiger partial charge in [0.25, 0.3) is 0 Å². The van der Waals surface area contributed by atoms with Gasteiger partial charge in [0.15, 0.2) is 5.78 Å². The molecule has 0 spiro atoms. The van der Waals surface area contributed by atoms with Crippen LogP contribution in [0.1, 0.15) is 72.6 Å². The summed E-state index contributed by atoms with van der Waals surface area (Å²) in [5.74, 6) is 2.61. The maximum atomic E-state index is 13.1. The van der Waals surface area contributed by atoms with Crippen LogP contribution in [0.2, 0.25) is 0 Å². The first-order valence-corrected chi connectivity index (χ1v) is 10.2. The molecule has 138 valence electrons. The van der Waals surface area contributed by atoms with E-state index in [1.807, 2.05) is 7.05 Å². The summed E-state index contributed by atoms with van der Waals surface area (Å²) in [6.07, 6.45) is 7.23. The van der Waals surface area contributed by atoms with Gasteiger partial charge in [0, 0.05) is 24.9 Å². The van der Waals surface area contributed by atoms with E-state index in [1.54, 1.807) is 0 Å². The van der Waals surface area contributed by atoms with E-state index in [4.69, 9.17) is 0 Å². The minimum absolute atomic E-state index is 0.132. The number of rotatable bonds is 0. The smallest absolute Gasteiger partial charge is 0.222 e. The molecule has 0 bridgehead atoms. The van der Waals surface area contributed by atoms with E-state index in [9.17, 15) is 9.59 Å².